The fourth-order valence-electron chi connectivity index (χ4n) is 1.43. The van der Waals surface area contributed by atoms with Crippen LogP contribution >= 0.6 is 0 Å². The van der Waals surface area contributed by atoms with E-state index in [9.17, 15) is 9.59 Å². The molecule has 0 amide bonds. The number of H-pyrrole nitrogens is 2. The minimum absolute atomic E-state index is 0.283. The van der Waals surface area contributed by atoms with Crippen LogP contribution in [0.15, 0.2) is 9.59 Å². The lowest BCUT2D eigenvalue weighted by atomic mass is 10.4. The summed E-state index contributed by atoms with van der Waals surface area (Å²) in [7, 11) is 0. The van der Waals surface area contributed by atoms with E-state index >= 15 is 0 Å². The van der Waals surface area contributed by atoms with Gasteiger partial charge in [0.2, 0.25) is 5.82 Å². The number of hydrogen-bond acceptors (Lipinski definition) is 5. The van der Waals surface area contributed by atoms with Gasteiger partial charge in [-0.2, -0.15) is 0 Å². The molecule has 0 saturated carbocycles. The number of anilines is 1. The molecule has 1 aromatic heterocycles. The van der Waals surface area contributed by atoms with Crippen LogP contribution in [-0.4, -0.2) is 41.4 Å². The molecule has 1 aliphatic heterocycles. The summed E-state index contributed by atoms with van der Waals surface area (Å²) in [4.78, 5) is 26.0. The summed E-state index contributed by atoms with van der Waals surface area (Å²) in [6, 6.07) is 0. The van der Waals surface area contributed by atoms with Gasteiger partial charge in [0.15, 0.2) is 0 Å². The molecule has 3 N–H and O–H groups in total. The van der Waals surface area contributed by atoms with E-state index < -0.39 is 11.2 Å². The van der Waals surface area contributed by atoms with Crippen molar-refractivity contribution >= 4 is 5.82 Å². The average molecular weight is 197 g/mol. The lowest BCUT2D eigenvalue weighted by Crippen LogP contribution is -2.46. The van der Waals surface area contributed by atoms with Crippen molar-refractivity contribution in [3.05, 3.63) is 20.8 Å². The van der Waals surface area contributed by atoms with E-state index in [0.717, 1.165) is 26.2 Å². The first-order valence-electron chi connectivity index (χ1n) is 4.42. The van der Waals surface area contributed by atoms with Crippen molar-refractivity contribution in [3.63, 3.8) is 0 Å². The van der Waals surface area contributed by atoms with Crippen LogP contribution in [0.4, 0.5) is 5.82 Å². The van der Waals surface area contributed by atoms with Crippen LogP contribution in [0.1, 0.15) is 0 Å². The highest BCUT2D eigenvalue weighted by Crippen LogP contribution is 2.00. The van der Waals surface area contributed by atoms with Crippen molar-refractivity contribution < 1.29 is 0 Å². The standard InChI is InChI=1S/C7H11N5O2/c13-6-5(10-11-7(14)9-6)12-3-1-8-2-4-12/h8H,1-4H2,(H2,9,11,13,14). The number of rotatable bonds is 1. The maximum atomic E-state index is 11.3. The van der Waals surface area contributed by atoms with Gasteiger partial charge < -0.3 is 10.2 Å². The van der Waals surface area contributed by atoms with Crippen molar-refractivity contribution in [2.24, 2.45) is 0 Å². The molecule has 76 valence electrons. The molecule has 7 nitrogen and oxygen atoms in total. The summed E-state index contributed by atoms with van der Waals surface area (Å²) in [6.45, 7) is 3.09. The average Bonchev–Trinajstić information content (AvgIpc) is 2.19. The zero-order valence-electron chi connectivity index (χ0n) is 7.54. The van der Waals surface area contributed by atoms with Crippen LogP contribution in [0.5, 0.6) is 0 Å². The molecule has 0 radical (unpaired) electrons. The summed E-state index contributed by atoms with van der Waals surface area (Å²) >= 11 is 0. The molecule has 1 aliphatic rings. The zero-order valence-corrected chi connectivity index (χ0v) is 7.54. The van der Waals surface area contributed by atoms with Crippen molar-refractivity contribution in [1.82, 2.24) is 20.5 Å². The van der Waals surface area contributed by atoms with Crippen molar-refractivity contribution in [3.8, 4) is 0 Å². The summed E-state index contributed by atoms with van der Waals surface area (Å²) < 4.78 is 0. The lowest BCUT2D eigenvalue weighted by Gasteiger charge is -2.26. The third kappa shape index (κ3) is 1.67. The topological polar surface area (TPSA) is 93.9 Å². The van der Waals surface area contributed by atoms with Crippen LogP contribution < -0.4 is 21.5 Å². The second-order valence-corrected chi connectivity index (χ2v) is 3.07. The molecule has 0 unspecified atom stereocenters. The fraction of sp³-hybridized carbons (Fsp3) is 0.571. The largest absolute Gasteiger partial charge is 0.348 e. The smallest absolute Gasteiger partial charge is 0.342 e. The van der Waals surface area contributed by atoms with Crippen LogP contribution in [0.25, 0.3) is 0 Å². The Balaban J connectivity index is 2.31. The van der Waals surface area contributed by atoms with E-state index in [2.05, 4.69) is 20.5 Å². The highest BCUT2D eigenvalue weighted by Gasteiger charge is 2.14. The third-order valence-corrected chi connectivity index (χ3v) is 2.11. The maximum absolute atomic E-state index is 11.3. The highest BCUT2D eigenvalue weighted by atomic mass is 16.2. The molecular formula is C7H11N5O2. The van der Waals surface area contributed by atoms with E-state index in [1.807, 2.05) is 4.90 Å². The van der Waals surface area contributed by atoms with Crippen molar-refractivity contribution in [2.75, 3.05) is 31.1 Å². The summed E-state index contributed by atoms with van der Waals surface area (Å²) in [5.74, 6) is 0.283. The molecule has 0 bridgehead atoms. The number of piperazine rings is 1. The van der Waals surface area contributed by atoms with Gasteiger partial charge in [-0.3, -0.25) is 9.78 Å². The molecule has 2 heterocycles. The van der Waals surface area contributed by atoms with Gasteiger partial charge in [0, 0.05) is 26.2 Å². The molecule has 0 spiro atoms. The molecule has 1 aromatic rings. The molecule has 0 atom stereocenters. The Kier molecular flexibility index (Phi) is 2.32. The first-order chi connectivity index (χ1) is 6.77. The minimum Gasteiger partial charge on any atom is -0.348 e. The Labute approximate surface area is 79.1 Å². The zero-order chi connectivity index (χ0) is 9.97. The summed E-state index contributed by atoms with van der Waals surface area (Å²) in [6.07, 6.45) is 0. The van der Waals surface area contributed by atoms with E-state index in [1.54, 1.807) is 0 Å². The van der Waals surface area contributed by atoms with Gasteiger partial charge in [0.1, 0.15) is 0 Å². The molecule has 1 fully saturated rings. The summed E-state index contributed by atoms with van der Waals surface area (Å²) in [5, 5.41) is 9.09. The third-order valence-electron chi connectivity index (χ3n) is 2.11. The van der Waals surface area contributed by atoms with Gasteiger partial charge in [-0.15, -0.1) is 5.10 Å². The van der Waals surface area contributed by atoms with Gasteiger partial charge in [-0.1, -0.05) is 0 Å². The highest BCUT2D eigenvalue weighted by molar-refractivity contribution is 5.34. The number of aromatic amines is 2. The first-order valence-corrected chi connectivity index (χ1v) is 4.42. The quantitative estimate of drug-likeness (QED) is 0.478. The Hall–Kier alpha value is -1.63. The van der Waals surface area contributed by atoms with Crippen LogP contribution in [-0.2, 0) is 0 Å². The molecular weight excluding hydrogens is 186 g/mol. The summed E-state index contributed by atoms with van der Waals surface area (Å²) in [5.41, 5.74) is -1.01. The van der Waals surface area contributed by atoms with Gasteiger partial charge in [-0.25, -0.2) is 9.89 Å². The van der Waals surface area contributed by atoms with Crippen molar-refractivity contribution in [2.45, 2.75) is 0 Å². The Morgan fingerprint density at radius 2 is 1.93 bits per heavy atom. The molecule has 14 heavy (non-hydrogen) atoms. The van der Waals surface area contributed by atoms with E-state index in [1.165, 1.54) is 0 Å². The number of nitrogens with one attached hydrogen (secondary N) is 3. The maximum Gasteiger partial charge on any atom is 0.342 e. The molecule has 0 aromatic carbocycles. The molecule has 0 aliphatic carbocycles. The fourth-order valence-corrected chi connectivity index (χ4v) is 1.43. The second kappa shape index (κ2) is 3.62. The first kappa shape index (κ1) is 8.95. The second-order valence-electron chi connectivity index (χ2n) is 3.07. The number of hydrogen-bond donors (Lipinski definition) is 3. The molecule has 7 heteroatoms. The lowest BCUT2D eigenvalue weighted by molar-refractivity contribution is 0.579. The molecule has 2 rings (SSSR count). The van der Waals surface area contributed by atoms with E-state index in [0.29, 0.717) is 0 Å². The van der Waals surface area contributed by atoms with Gasteiger partial charge in [0.25, 0.3) is 5.56 Å². The van der Waals surface area contributed by atoms with Crippen LogP contribution in [0, 0.1) is 0 Å². The Morgan fingerprint density at radius 3 is 2.57 bits per heavy atom. The van der Waals surface area contributed by atoms with Crippen molar-refractivity contribution in [1.29, 1.82) is 0 Å². The Morgan fingerprint density at radius 1 is 1.21 bits per heavy atom. The van der Waals surface area contributed by atoms with E-state index in [-0.39, 0.29) is 5.82 Å². The Bertz CT molecular complexity index is 417. The SMILES string of the molecule is O=c1[nH]nc(N2CCNCC2)c(=O)[nH]1. The van der Waals surface area contributed by atoms with E-state index in [4.69, 9.17) is 0 Å². The number of aromatic nitrogens is 3. The molecule has 1 saturated heterocycles. The van der Waals surface area contributed by atoms with Gasteiger partial charge in [-0.05, 0) is 0 Å². The normalized spacial score (nSPS) is 17.0. The van der Waals surface area contributed by atoms with Gasteiger partial charge in [0.05, 0.1) is 0 Å². The number of nitrogens with zero attached hydrogens (tertiary/aromatic N) is 2. The predicted molar refractivity (Wildman–Crippen MR) is 50.6 cm³/mol. The van der Waals surface area contributed by atoms with Crippen LogP contribution in [0.3, 0.4) is 0 Å². The predicted octanol–water partition coefficient (Wildman–Crippen LogP) is -2.13. The monoisotopic (exact) mass is 197 g/mol. The minimum atomic E-state index is -0.575. The van der Waals surface area contributed by atoms with Gasteiger partial charge >= 0.3 is 5.69 Å². The van der Waals surface area contributed by atoms with Crippen LogP contribution in [0.2, 0.25) is 0 Å².